The molecule has 0 aliphatic rings. The molecular formula is C14H14ClNO3. The molecule has 0 spiro atoms. The summed E-state index contributed by atoms with van der Waals surface area (Å²) in [6.07, 6.45) is 1.38. The van der Waals surface area contributed by atoms with E-state index in [0.717, 1.165) is 5.56 Å². The lowest BCUT2D eigenvalue weighted by Gasteiger charge is -2.15. The first kappa shape index (κ1) is 13.6. The molecule has 1 heterocycles. The molecule has 2 rings (SSSR count). The van der Waals surface area contributed by atoms with Crippen molar-refractivity contribution < 1.29 is 14.3 Å². The molecule has 0 aliphatic carbocycles. The number of rotatable bonds is 5. The maximum atomic E-state index is 10.9. The molecule has 1 aromatic carbocycles. The zero-order valence-electron chi connectivity index (χ0n) is 10.4. The molecule has 19 heavy (non-hydrogen) atoms. The monoisotopic (exact) mass is 279 g/mol. The van der Waals surface area contributed by atoms with Crippen molar-refractivity contribution in [1.29, 1.82) is 0 Å². The summed E-state index contributed by atoms with van der Waals surface area (Å²) >= 11 is 6.11. The van der Waals surface area contributed by atoms with E-state index in [2.05, 4.69) is 5.32 Å². The van der Waals surface area contributed by atoms with E-state index >= 15 is 0 Å². The molecule has 2 aromatic rings. The molecule has 1 atom stereocenters. The van der Waals surface area contributed by atoms with Gasteiger partial charge in [-0.3, -0.25) is 0 Å². The highest BCUT2D eigenvalue weighted by Gasteiger charge is 2.15. The molecule has 2 N–H and O–H groups in total. The molecule has 0 aliphatic heterocycles. The van der Waals surface area contributed by atoms with Crippen LogP contribution >= 0.6 is 11.6 Å². The van der Waals surface area contributed by atoms with E-state index in [1.165, 1.54) is 6.26 Å². The minimum atomic E-state index is -1.06. The lowest BCUT2D eigenvalue weighted by atomic mass is 10.1. The fourth-order valence-corrected chi connectivity index (χ4v) is 2.16. The van der Waals surface area contributed by atoms with Crippen LogP contribution in [0.25, 0.3) is 0 Å². The Hall–Kier alpha value is -1.78. The highest BCUT2D eigenvalue weighted by molar-refractivity contribution is 6.31. The van der Waals surface area contributed by atoms with Crippen molar-refractivity contribution in [3.05, 3.63) is 58.5 Å². The van der Waals surface area contributed by atoms with Crippen molar-refractivity contribution in [1.82, 2.24) is 5.32 Å². The van der Waals surface area contributed by atoms with Gasteiger partial charge in [-0.15, -0.1) is 0 Å². The number of furan rings is 1. The van der Waals surface area contributed by atoms with Gasteiger partial charge in [0.05, 0.1) is 6.26 Å². The van der Waals surface area contributed by atoms with Crippen molar-refractivity contribution in [2.45, 2.75) is 19.5 Å². The molecule has 4 nitrogen and oxygen atoms in total. The van der Waals surface area contributed by atoms with Gasteiger partial charge in [0.25, 0.3) is 0 Å². The number of hydrogen-bond acceptors (Lipinski definition) is 3. The molecule has 5 heteroatoms. The fraction of sp³-hybridized carbons (Fsp3) is 0.214. The average molecular weight is 280 g/mol. The average Bonchev–Trinajstić information content (AvgIpc) is 2.85. The standard InChI is InChI=1S/C14H14ClNO3/c1-9(11-4-2-3-5-12(11)15)16-8-10-6-7-19-13(10)14(17)18/h2-7,9,16H,8H2,1H3,(H,17,18)/t9-/m1/s1. The van der Waals surface area contributed by atoms with E-state index in [1.54, 1.807) is 6.07 Å². The maximum absolute atomic E-state index is 10.9. The van der Waals surface area contributed by atoms with Crippen LogP contribution in [-0.2, 0) is 6.54 Å². The number of carboxylic acids is 1. The lowest BCUT2D eigenvalue weighted by molar-refractivity contribution is 0.0660. The predicted octanol–water partition coefficient (Wildman–Crippen LogP) is 3.48. The number of nitrogens with one attached hydrogen (secondary N) is 1. The molecule has 0 saturated heterocycles. The Kier molecular flexibility index (Phi) is 4.24. The van der Waals surface area contributed by atoms with Crippen LogP contribution in [0.4, 0.5) is 0 Å². The zero-order valence-corrected chi connectivity index (χ0v) is 11.1. The SMILES string of the molecule is C[C@@H](NCc1ccoc1C(=O)O)c1ccccc1Cl. The van der Waals surface area contributed by atoms with E-state index in [-0.39, 0.29) is 11.8 Å². The van der Waals surface area contributed by atoms with Crippen LogP contribution in [0, 0.1) is 0 Å². The van der Waals surface area contributed by atoms with Gasteiger partial charge in [-0.2, -0.15) is 0 Å². The van der Waals surface area contributed by atoms with Gasteiger partial charge < -0.3 is 14.8 Å². The molecule has 0 unspecified atom stereocenters. The van der Waals surface area contributed by atoms with Gasteiger partial charge in [-0.05, 0) is 24.6 Å². The Labute approximate surface area is 116 Å². The second-order valence-electron chi connectivity index (χ2n) is 4.20. The van der Waals surface area contributed by atoms with E-state index in [1.807, 2.05) is 31.2 Å². The molecule has 0 amide bonds. The Morgan fingerprint density at radius 3 is 2.84 bits per heavy atom. The second-order valence-corrected chi connectivity index (χ2v) is 4.61. The van der Waals surface area contributed by atoms with Crippen LogP contribution in [0.3, 0.4) is 0 Å². The van der Waals surface area contributed by atoms with Crippen molar-refractivity contribution in [3.63, 3.8) is 0 Å². The van der Waals surface area contributed by atoms with E-state index < -0.39 is 5.97 Å². The minimum absolute atomic E-state index is 0.0187. The number of aromatic carboxylic acids is 1. The van der Waals surface area contributed by atoms with Crippen LogP contribution in [0.1, 0.15) is 34.6 Å². The van der Waals surface area contributed by atoms with Crippen LogP contribution in [0.5, 0.6) is 0 Å². The highest BCUT2D eigenvalue weighted by atomic mass is 35.5. The molecule has 1 aromatic heterocycles. The van der Waals surface area contributed by atoms with Crippen molar-refractivity contribution in [2.75, 3.05) is 0 Å². The van der Waals surface area contributed by atoms with Gasteiger partial charge in [0.1, 0.15) is 0 Å². The summed E-state index contributed by atoms with van der Waals surface area (Å²) in [6.45, 7) is 2.38. The third-order valence-electron chi connectivity index (χ3n) is 2.91. The first-order chi connectivity index (χ1) is 9.09. The summed E-state index contributed by atoms with van der Waals surface area (Å²) in [5.74, 6) is -1.09. The number of benzene rings is 1. The zero-order chi connectivity index (χ0) is 13.8. The minimum Gasteiger partial charge on any atom is -0.475 e. The van der Waals surface area contributed by atoms with Crippen LogP contribution in [0.2, 0.25) is 5.02 Å². The first-order valence-corrected chi connectivity index (χ1v) is 6.25. The largest absolute Gasteiger partial charge is 0.475 e. The van der Waals surface area contributed by atoms with Gasteiger partial charge in [0.2, 0.25) is 5.76 Å². The summed E-state index contributed by atoms with van der Waals surface area (Å²) < 4.78 is 4.92. The Morgan fingerprint density at radius 2 is 2.16 bits per heavy atom. The van der Waals surface area contributed by atoms with Crippen LogP contribution in [0.15, 0.2) is 41.0 Å². The Bertz CT molecular complexity index is 580. The molecule has 0 fully saturated rings. The smallest absolute Gasteiger partial charge is 0.372 e. The van der Waals surface area contributed by atoms with Gasteiger partial charge in [-0.1, -0.05) is 29.8 Å². The maximum Gasteiger partial charge on any atom is 0.372 e. The number of carbonyl (C=O) groups is 1. The summed E-state index contributed by atoms with van der Waals surface area (Å²) in [4.78, 5) is 10.9. The summed E-state index contributed by atoms with van der Waals surface area (Å²) in [5.41, 5.74) is 1.59. The molecular weight excluding hydrogens is 266 g/mol. The summed E-state index contributed by atoms with van der Waals surface area (Å²) in [6, 6.07) is 9.22. The topological polar surface area (TPSA) is 62.5 Å². The third-order valence-corrected chi connectivity index (χ3v) is 3.26. The third kappa shape index (κ3) is 3.16. The second kappa shape index (κ2) is 5.91. The Balaban J connectivity index is 2.05. The molecule has 0 saturated carbocycles. The predicted molar refractivity (Wildman–Crippen MR) is 72.4 cm³/mol. The summed E-state index contributed by atoms with van der Waals surface area (Å²) in [5, 5.41) is 12.9. The summed E-state index contributed by atoms with van der Waals surface area (Å²) in [7, 11) is 0. The van der Waals surface area contributed by atoms with Gasteiger partial charge in [-0.25, -0.2) is 4.79 Å². The van der Waals surface area contributed by atoms with Gasteiger partial charge in [0.15, 0.2) is 0 Å². The number of carboxylic acid groups (broad SMARTS) is 1. The van der Waals surface area contributed by atoms with Gasteiger partial charge in [0, 0.05) is 23.2 Å². The van der Waals surface area contributed by atoms with E-state index in [4.69, 9.17) is 21.1 Å². The number of hydrogen-bond donors (Lipinski definition) is 2. The van der Waals surface area contributed by atoms with Crippen molar-refractivity contribution in [2.24, 2.45) is 0 Å². The van der Waals surface area contributed by atoms with E-state index in [0.29, 0.717) is 17.1 Å². The lowest BCUT2D eigenvalue weighted by Crippen LogP contribution is -2.19. The quantitative estimate of drug-likeness (QED) is 0.879. The van der Waals surface area contributed by atoms with Crippen LogP contribution < -0.4 is 5.32 Å². The van der Waals surface area contributed by atoms with Crippen molar-refractivity contribution >= 4 is 17.6 Å². The molecule has 100 valence electrons. The number of halogens is 1. The molecule has 0 radical (unpaired) electrons. The Morgan fingerprint density at radius 1 is 1.42 bits per heavy atom. The van der Waals surface area contributed by atoms with Crippen molar-refractivity contribution in [3.8, 4) is 0 Å². The van der Waals surface area contributed by atoms with Crippen LogP contribution in [-0.4, -0.2) is 11.1 Å². The first-order valence-electron chi connectivity index (χ1n) is 5.87. The van der Waals surface area contributed by atoms with E-state index in [9.17, 15) is 4.79 Å². The highest BCUT2D eigenvalue weighted by Crippen LogP contribution is 2.22. The molecule has 0 bridgehead atoms. The fourth-order valence-electron chi connectivity index (χ4n) is 1.86. The normalized spacial score (nSPS) is 12.3. The van der Waals surface area contributed by atoms with Gasteiger partial charge >= 0.3 is 5.97 Å².